The summed E-state index contributed by atoms with van der Waals surface area (Å²) in [4.78, 5) is 16.1. The topological polar surface area (TPSA) is 56.6 Å². The fraction of sp³-hybridized carbons (Fsp3) is 0.579. The van der Waals surface area contributed by atoms with Crippen LogP contribution in [0.3, 0.4) is 0 Å². The Morgan fingerprint density at radius 3 is 2.60 bits per heavy atom. The Bertz CT molecular complexity index is 645. The normalized spacial score (nSPS) is 18.9. The number of piperazine rings is 1. The van der Waals surface area contributed by atoms with Crippen LogP contribution in [-0.2, 0) is 9.53 Å². The Labute approximate surface area is 148 Å². The Kier molecular flexibility index (Phi) is 5.87. The van der Waals surface area contributed by atoms with E-state index in [2.05, 4.69) is 0 Å². The lowest BCUT2D eigenvalue weighted by molar-refractivity contribution is -0.139. The van der Waals surface area contributed by atoms with E-state index < -0.39 is 5.82 Å². The van der Waals surface area contributed by atoms with Crippen LogP contribution in [0.1, 0.15) is 37.7 Å². The number of carbonyl (C=O) groups excluding carboxylic acids is 1. The number of rotatable bonds is 4. The van der Waals surface area contributed by atoms with Crippen molar-refractivity contribution in [1.29, 1.82) is 5.26 Å². The van der Waals surface area contributed by atoms with Crippen molar-refractivity contribution in [2.24, 2.45) is 0 Å². The Hall–Kier alpha value is -2.13. The smallest absolute Gasteiger partial charge is 0.248 e. The highest BCUT2D eigenvalue weighted by Crippen LogP contribution is 2.24. The van der Waals surface area contributed by atoms with Crippen LogP contribution in [0.5, 0.6) is 0 Å². The van der Waals surface area contributed by atoms with Crippen molar-refractivity contribution in [2.45, 2.75) is 38.2 Å². The number of amides is 1. The molecule has 2 aliphatic rings. The second kappa shape index (κ2) is 8.30. The molecule has 1 aliphatic heterocycles. The molecule has 0 N–H and O–H groups in total. The zero-order valence-electron chi connectivity index (χ0n) is 14.4. The van der Waals surface area contributed by atoms with Gasteiger partial charge in [-0.1, -0.05) is 25.3 Å². The van der Waals surface area contributed by atoms with Crippen LogP contribution >= 0.6 is 0 Å². The predicted molar refractivity (Wildman–Crippen MR) is 92.7 cm³/mol. The number of ether oxygens (including phenoxy) is 1. The van der Waals surface area contributed by atoms with Gasteiger partial charge in [0.25, 0.3) is 0 Å². The average Bonchev–Trinajstić information content (AvgIpc) is 2.67. The van der Waals surface area contributed by atoms with E-state index in [0.717, 1.165) is 12.8 Å². The monoisotopic (exact) mass is 345 g/mol. The highest BCUT2D eigenvalue weighted by atomic mass is 19.1. The maximum Gasteiger partial charge on any atom is 0.248 e. The molecule has 1 saturated carbocycles. The molecule has 2 fully saturated rings. The van der Waals surface area contributed by atoms with Gasteiger partial charge >= 0.3 is 0 Å². The van der Waals surface area contributed by atoms with Crippen LogP contribution in [0.2, 0.25) is 0 Å². The second-order valence-electron chi connectivity index (χ2n) is 6.68. The molecule has 0 unspecified atom stereocenters. The minimum absolute atomic E-state index is 0.0185. The fourth-order valence-corrected chi connectivity index (χ4v) is 3.60. The van der Waals surface area contributed by atoms with E-state index in [0.29, 0.717) is 31.9 Å². The molecule has 1 amide bonds. The molecule has 25 heavy (non-hydrogen) atoms. The van der Waals surface area contributed by atoms with Gasteiger partial charge in [-0.3, -0.25) is 4.79 Å². The summed E-state index contributed by atoms with van der Waals surface area (Å²) in [5, 5.41) is 9.17. The van der Waals surface area contributed by atoms with E-state index in [-0.39, 0.29) is 24.2 Å². The zero-order valence-corrected chi connectivity index (χ0v) is 14.4. The lowest BCUT2D eigenvalue weighted by atomic mass is 9.98. The molecule has 5 nitrogen and oxygen atoms in total. The van der Waals surface area contributed by atoms with Gasteiger partial charge in [-0.15, -0.1) is 0 Å². The average molecular weight is 345 g/mol. The first-order chi connectivity index (χ1) is 12.2. The van der Waals surface area contributed by atoms with E-state index in [1.165, 1.54) is 25.3 Å². The molecule has 1 aromatic rings. The molecule has 1 saturated heterocycles. The van der Waals surface area contributed by atoms with Crippen molar-refractivity contribution in [3.05, 3.63) is 29.6 Å². The molecule has 0 atom stereocenters. The number of halogens is 1. The molecule has 1 heterocycles. The van der Waals surface area contributed by atoms with Crippen LogP contribution in [-0.4, -0.2) is 49.7 Å². The first-order valence-electron chi connectivity index (χ1n) is 9.02. The summed E-state index contributed by atoms with van der Waals surface area (Å²) in [7, 11) is 0. The Morgan fingerprint density at radius 2 is 1.92 bits per heavy atom. The third-order valence-corrected chi connectivity index (χ3v) is 5.07. The van der Waals surface area contributed by atoms with Crippen molar-refractivity contribution >= 4 is 11.6 Å². The number of benzene rings is 1. The van der Waals surface area contributed by atoms with Gasteiger partial charge in [-0.2, -0.15) is 5.26 Å². The molecule has 0 bridgehead atoms. The molecular weight excluding hydrogens is 321 g/mol. The van der Waals surface area contributed by atoms with Crippen LogP contribution < -0.4 is 4.90 Å². The molecule has 1 aromatic carbocycles. The minimum Gasteiger partial charge on any atom is -0.368 e. The SMILES string of the molecule is N#Cc1c(F)cccc1N1CCN(C(=O)COC2CCCCC2)CC1. The Balaban J connectivity index is 1.51. The van der Waals surface area contributed by atoms with Crippen molar-refractivity contribution in [3.63, 3.8) is 0 Å². The zero-order chi connectivity index (χ0) is 17.6. The number of anilines is 1. The van der Waals surface area contributed by atoms with Gasteiger partial charge in [0.1, 0.15) is 24.1 Å². The number of carbonyl (C=O) groups is 1. The highest BCUT2D eigenvalue weighted by Gasteiger charge is 2.24. The summed E-state index contributed by atoms with van der Waals surface area (Å²) in [5.41, 5.74) is 0.677. The van der Waals surface area contributed by atoms with Gasteiger partial charge < -0.3 is 14.5 Å². The third kappa shape index (κ3) is 4.29. The van der Waals surface area contributed by atoms with Gasteiger partial charge in [-0.05, 0) is 25.0 Å². The number of nitrogens with zero attached hydrogens (tertiary/aromatic N) is 3. The molecule has 134 valence electrons. The standard InChI is InChI=1S/C19H24FN3O2/c20-17-7-4-8-18(16(17)13-21)22-9-11-23(12-10-22)19(24)14-25-15-5-2-1-3-6-15/h4,7-8,15H,1-3,5-6,9-12,14H2. The van der Waals surface area contributed by atoms with Crippen LogP contribution in [0.4, 0.5) is 10.1 Å². The number of hydrogen-bond acceptors (Lipinski definition) is 4. The van der Waals surface area contributed by atoms with Crippen molar-refractivity contribution in [2.75, 3.05) is 37.7 Å². The second-order valence-corrected chi connectivity index (χ2v) is 6.68. The molecule has 6 heteroatoms. The summed E-state index contributed by atoms with van der Waals surface area (Å²) in [6.45, 7) is 2.46. The Morgan fingerprint density at radius 1 is 1.20 bits per heavy atom. The first kappa shape index (κ1) is 17.7. The maximum atomic E-state index is 13.8. The van der Waals surface area contributed by atoms with Gasteiger partial charge in [0.15, 0.2) is 0 Å². The molecular formula is C19H24FN3O2. The van der Waals surface area contributed by atoms with Crippen LogP contribution in [0.25, 0.3) is 0 Å². The van der Waals surface area contributed by atoms with E-state index in [4.69, 9.17) is 10.00 Å². The predicted octanol–water partition coefficient (Wildman–Crippen LogP) is 2.70. The molecule has 1 aliphatic carbocycles. The molecule has 3 rings (SSSR count). The number of hydrogen-bond donors (Lipinski definition) is 0. The quantitative estimate of drug-likeness (QED) is 0.842. The fourth-order valence-electron chi connectivity index (χ4n) is 3.60. The number of nitriles is 1. The molecule has 0 spiro atoms. The summed E-state index contributed by atoms with van der Waals surface area (Å²) >= 11 is 0. The lowest BCUT2D eigenvalue weighted by Gasteiger charge is -2.36. The molecule has 0 aromatic heterocycles. The summed E-state index contributed by atoms with van der Waals surface area (Å²) in [6.07, 6.45) is 5.97. The van der Waals surface area contributed by atoms with Gasteiger partial charge in [0, 0.05) is 26.2 Å². The van der Waals surface area contributed by atoms with Crippen molar-refractivity contribution in [1.82, 2.24) is 4.90 Å². The van der Waals surface area contributed by atoms with Gasteiger partial charge in [0.2, 0.25) is 5.91 Å². The van der Waals surface area contributed by atoms with Crippen molar-refractivity contribution in [3.8, 4) is 6.07 Å². The van der Waals surface area contributed by atoms with Crippen LogP contribution in [0, 0.1) is 17.1 Å². The van der Waals surface area contributed by atoms with Crippen molar-refractivity contribution < 1.29 is 13.9 Å². The summed E-state index contributed by atoms with van der Waals surface area (Å²) < 4.78 is 19.5. The minimum atomic E-state index is -0.501. The highest BCUT2D eigenvalue weighted by molar-refractivity contribution is 5.78. The molecule has 0 radical (unpaired) electrons. The van der Waals surface area contributed by atoms with Gasteiger partial charge in [-0.25, -0.2) is 4.39 Å². The van der Waals surface area contributed by atoms with E-state index in [9.17, 15) is 9.18 Å². The maximum absolute atomic E-state index is 13.8. The van der Waals surface area contributed by atoms with Gasteiger partial charge in [0.05, 0.1) is 11.8 Å². The van der Waals surface area contributed by atoms with Crippen LogP contribution in [0.15, 0.2) is 18.2 Å². The largest absolute Gasteiger partial charge is 0.368 e. The summed E-state index contributed by atoms with van der Waals surface area (Å²) in [6, 6.07) is 6.60. The van der Waals surface area contributed by atoms with E-state index in [1.807, 2.05) is 11.0 Å². The lowest BCUT2D eigenvalue weighted by Crippen LogP contribution is -2.50. The van der Waals surface area contributed by atoms with E-state index >= 15 is 0 Å². The first-order valence-corrected chi connectivity index (χ1v) is 9.02. The third-order valence-electron chi connectivity index (χ3n) is 5.07. The van der Waals surface area contributed by atoms with E-state index in [1.54, 1.807) is 17.0 Å². The summed E-state index contributed by atoms with van der Waals surface area (Å²) in [5.74, 6) is -0.482.